The molecule has 2 rings (SSSR count). The van der Waals surface area contributed by atoms with E-state index in [0.717, 1.165) is 5.56 Å². The van der Waals surface area contributed by atoms with Gasteiger partial charge in [0.25, 0.3) is 0 Å². The first-order valence-electron chi connectivity index (χ1n) is 5.32. The van der Waals surface area contributed by atoms with E-state index >= 15 is 0 Å². The molecule has 0 fully saturated rings. The van der Waals surface area contributed by atoms with E-state index in [9.17, 15) is 4.79 Å². The Morgan fingerprint density at radius 3 is 2.94 bits per heavy atom. The minimum absolute atomic E-state index is 0.281. The topological polar surface area (TPSA) is 60.1 Å². The summed E-state index contributed by atoms with van der Waals surface area (Å²) in [5.74, 6) is -0.281. The summed E-state index contributed by atoms with van der Waals surface area (Å²) < 4.78 is 1.77. The van der Waals surface area contributed by atoms with Gasteiger partial charge in [0.2, 0.25) is 11.5 Å². The van der Waals surface area contributed by atoms with Crippen LogP contribution in [0.5, 0.6) is 0 Å². The normalized spacial score (nSPS) is 11.6. The van der Waals surface area contributed by atoms with Crippen molar-refractivity contribution in [3.05, 3.63) is 53.1 Å². The van der Waals surface area contributed by atoms with E-state index in [1.165, 1.54) is 6.92 Å². The second-order valence-electron chi connectivity index (χ2n) is 3.67. The van der Waals surface area contributed by atoms with Crippen molar-refractivity contribution in [2.24, 2.45) is 4.99 Å². The summed E-state index contributed by atoms with van der Waals surface area (Å²) in [4.78, 5) is 22.9. The number of hydrogen-bond acceptors (Lipinski definition) is 3. The quantitative estimate of drug-likeness (QED) is 0.769. The number of nitrogens with zero attached hydrogens (tertiary/aromatic N) is 4. The lowest BCUT2D eigenvalue weighted by atomic mass is 10.3. The maximum absolute atomic E-state index is 11.0. The molecule has 0 aromatic carbocycles. The minimum atomic E-state index is -0.281. The number of amides is 1. The molecule has 2 aromatic rings. The van der Waals surface area contributed by atoms with Crippen LogP contribution >= 0.6 is 11.6 Å². The van der Waals surface area contributed by atoms with E-state index in [1.54, 1.807) is 29.1 Å². The molecule has 0 bridgehead atoms. The smallest absolute Gasteiger partial charge is 0.245 e. The molecule has 0 unspecified atom stereocenters. The van der Waals surface area contributed by atoms with Gasteiger partial charge in [0.05, 0.1) is 6.54 Å². The molecule has 0 N–H and O–H groups in total. The molecule has 0 aliphatic carbocycles. The number of halogens is 1. The van der Waals surface area contributed by atoms with Gasteiger partial charge in [0.1, 0.15) is 5.15 Å². The van der Waals surface area contributed by atoms with Crippen LogP contribution in [-0.4, -0.2) is 20.4 Å². The fraction of sp³-hybridized carbons (Fsp3) is 0.167. The van der Waals surface area contributed by atoms with Crippen LogP contribution in [0.25, 0.3) is 0 Å². The zero-order chi connectivity index (χ0) is 13.0. The summed E-state index contributed by atoms with van der Waals surface area (Å²) >= 11 is 5.72. The second-order valence-corrected chi connectivity index (χ2v) is 4.05. The van der Waals surface area contributed by atoms with E-state index in [-0.39, 0.29) is 5.91 Å². The number of carbonyl (C=O) groups excluding carboxylic acids is 1. The van der Waals surface area contributed by atoms with Gasteiger partial charge in [-0.2, -0.15) is 4.99 Å². The Bertz CT molecular complexity index is 618. The monoisotopic (exact) mass is 262 g/mol. The molecule has 0 aliphatic heterocycles. The maximum atomic E-state index is 11.0. The molecule has 0 saturated carbocycles. The van der Waals surface area contributed by atoms with E-state index < -0.39 is 0 Å². The zero-order valence-electron chi connectivity index (χ0n) is 9.75. The van der Waals surface area contributed by atoms with Crippen molar-refractivity contribution < 1.29 is 4.79 Å². The first kappa shape index (κ1) is 12.4. The minimum Gasteiger partial charge on any atom is -0.313 e. The van der Waals surface area contributed by atoms with Gasteiger partial charge in [0, 0.05) is 25.5 Å². The molecule has 0 saturated heterocycles. The van der Waals surface area contributed by atoms with Crippen LogP contribution in [-0.2, 0) is 11.3 Å². The predicted octanol–water partition coefficient (Wildman–Crippen LogP) is 1.43. The first-order valence-corrected chi connectivity index (χ1v) is 5.70. The highest BCUT2D eigenvalue weighted by atomic mass is 35.5. The van der Waals surface area contributed by atoms with Crippen molar-refractivity contribution in [1.82, 2.24) is 14.5 Å². The Morgan fingerprint density at radius 2 is 2.28 bits per heavy atom. The summed E-state index contributed by atoms with van der Waals surface area (Å²) in [5.41, 5.74) is 1.33. The van der Waals surface area contributed by atoms with E-state index in [2.05, 4.69) is 15.0 Å². The molecule has 2 aromatic heterocycles. The zero-order valence-corrected chi connectivity index (χ0v) is 10.5. The molecule has 6 heteroatoms. The number of pyridine rings is 1. The van der Waals surface area contributed by atoms with Crippen molar-refractivity contribution in [2.45, 2.75) is 13.5 Å². The fourth-order valence-corrected chi connectivity index (χ4v) is 1.56. The largest absolute Gasteiger partial charge is 0.313 e. The Balaban J connectivity index is 2.35. The van der Waals surface area contributed by atoms with Crippen molar-refractivity contribution >= 4 is 17.5 Å². The van der Waals surface area contributed by atoms with Gasteiger partial charge in [0.15, 0.2) is 0 Å². The van der Waals surface area contributed by atoms with Gasteiger partial charge in [-0.05, 0) is 17.7 Å². The average Bonchev–Trinajstić information content (AvgIpc) is 2.34. The molecule has 0 atom stereocenters. The molecule has 0 radical (unpaired) electrons. The van der Waals surface area contributed by atoms with Crippen LogP contribution in [0.2, 0.25) is 5.15 Å². The molecule has 0 aliphatic rings. The van der Waals surface area contributed by atoms with Crippen molar-refractivity contribution in [3.8, 4) is 0 Å². The van der Waals surface area contributed by atoms with Crippen LogP contribution in [0.3, 0.4) is 0 Å². The van der Waals surface area contributed by atoms with Crippen molar-refractivity contribution in [2.75, 3.05) is 0 Å². The predicted molar refractivity (Wildman–Crippen MR) is 66.8 cm³/mol. The highest BCUT2D eigenvalue weighted by molar-refractivity contribution is 6.29. The Morgan fingerprint density at radius 1 is 1.44 bits per heavy atom. The van der Waals surface area contributed by atoms with Gasteiger partial charge in [-0.25, -0.2) is 9.97 Å². The Hall–Kier alpha value is -2.01. The van der Waals surface area contributed by atoms with E-state index in [1.807, 2.05) is 12.3 Å². The van der Waals surface area contributed by atoms with Crippen LogP contribution in [0.15, 0.2) is 41.8 Å². The highest BCUT2D eigenvalue weighted by Gasteiger charge is 1.99. The number of rotatable bonds is 2. The van der Waals surface area contributed by atoms with Crippen LogP contribution in [0.1, 0.15) is 12.5 Å². The lowest BCUT2D eigenvalue weighted by Crippen LogP contribution is -2.25. The fourth-order valence-electron chi connectivity index (χ4n) is 1.45. The molecule has 5 nitrogen and oxygen atoms in total. The third kappa shape index (κ3) is 3.24. The van der Waals surface area contributed by atoms with Crippen LogP contribution in [0.4, 0.5) is 0 Å². The molecule has 92 valence electrons. The number of carbonyl (C=O) groups is 1. The second kappa shape index (κ2) is 5.55. The summed E-state index contributed by atoms with van der Waals surface area (Å²) in [6.07, 6.45) is 5.08. The third-order valence-electron chi connectivity index (χ3n) is 2.20. The van der Waals surface area contributed by atoms with Crippen molar-refractivity contribution in [1.29, 1.82) is 0 Å². The number of hydrogen-bond donors (Lipinski definition) is 0. The van der Waals surface area contributed by atoms with Gasteiger partial charge in [-0.15, -0.1) is 0 Å². The third-order valence-corrected chi connectivity index (χ3v) is 2.42. The summed E-state index contributed by atoms with van der Waals surface area (Å²) in [7, 11) is 0. The maximum Gasteiger partial charge on any atom is 0.245 e. The van der Waals surface area contributed by atoms with Gasteiger partial charge in [-0.3, -0.25) is 4.79 Å². The Labute approximate surface area is 109 Å². The highest BCUT2D eigenvalue weighted by Crippen LogP contribution is 2.05. The van der Waals surface area contributed by atoms with E-state index in [4.69, 9.17) is 11.6 Å². The standard InChI is InChI=1S/C12H11ClN4O/c1-9(18)16-12-14-5-2-6-17(12)8-10-3-4-11(13)15-7-10/h2-7H,8H2,1H3/b16-12+. The van der Waals surface area contributed by atoms with Gasteiger partial charge < -0.3 is 4.57 Å². The average molecular weight is 263 g/mol. The molecule has 2 heterocycles. The summed E-state index contributed by atoms with van der Waals surface area (Å²) in [6.45, 7) is 1.92. The number of aromatic nitrogens is 3. The molecule has 18 heavy (non-hydrogen) atoms. The summed E-state index contributed by atoms with van der Waals surface area (Å²) in [5, 5.41) is 0.448. The van der Waals surface area contributed by atoms with Gasteiger partial charge >= 0.3 is 0 Å². The first-order chi connectivity index (χ1) is 8.65. The van der Waals surface area contributed by atoms with Crippen LogP contribution in [0, 0.1) is 0 Å². The molecular weight excluding hydrogens is 252 g/mol. The summed E-state index contributed by atoms with van der Waals surface area (Å²) in [6, 6.07) is 5.37. The van der Waals surface area contributed by atoms with Crippen LogP contribution < -0.4 is 5.62 Å². The SMILES string of the molecule is CC(=O)/N=c1\ncccn1Cc1ccc(Cl)nc1. The lowest BCUT2D eigenvalue weighted by molar-refractivity contribution is -0.116. The van der Waals surface area contributed by atoms with Gasteiger partial charge in [-0.1, -0.05) is 17.7 Å². The molecular formula is C12H11ClN4O. The molecule has 1 amide bonds. The molecule has 0 spiro atoms. The Kier molecular flexibility index (Phi) is 3.84. The lowest BCUT2D eigenvalue weighted by Gasteiger charge is -2.05. The van der Waals surface area contributed by atoms with Crippen molar-refractivity contribution in [3.63, 3.8) is 0 Å². The van der Waals surface area contributed by atoms with E-state index in [0.29, 0.717) is 17.3 Å².